The fourth-order valence-electron chi connectivity index (χ4n) is 1.80. The monoisotopic (exact) mass is 340 g/mol. The third-order valence-corrected chi connectivity index (χ3v) is 3.10. The van der Waals surface area contributed by atoms with Crippen LogP contribution >= 0.6 is 15.9 Å². The van der Waals surface area contributed by atoms with Crippen LogP contribution in [-0.2, 0) is 4.74 Å². The van der Waals surface area contributed by atoms with Gasteiger partial charge in [-0.15, -0.1) is 0 Å². The lowest BCUT2D eigenvalue weighted by atomic mass is 10.00. The molecule has 2 atom stereocenters. The first kappa shape index (κ1) is 14.3. The summed E-state index contributed by atoms with van der Waals surface area (Å²) >= 11 is 3.08. The zero-order chi connectivity index (χ0) is 14.2. The molecule has 1 aromatic carbocycles. The summed E-state index contributed by atoms with van der Waals surface area (Å²) in [4.78, 5) is 3.69. The predicted octanol–water partition coefficient (Wildman–Crippen LogP) is 2.95. The maximum Gasteiger partial charge on any atom is 0.417 e. The molecule has 0 spiro atoms. The first-order valence-electron chi connectivity index (χ1n) is 5.24. The van der Waals surface area contributed by atoms with Gasteiger partial charge in [-0.1, -0.05) is 15.9 Å². The van der Waals surface area contributed by atoms with Crippen LogP contribution in [0.25, 0.3) is 0 Å². The first-order chi connectivity index (χ1) is 8.79. The normalized spacial score (nSPS) is 24.2. The Bertz CT molecular complexity index is 518. The summed E-state index contributed by atoms with van der Waals surface area (Å²) in [5.41, 5.74) is 5.17. The van der Waals surface area contributed by atoms with Crippen molar-refractivity contribution in [2.24, 2.45) is 10.7 Å². The minimum Gasteiger partial charge on any atom is -0.386 e. The predicted molar refractivity (Wildman–Crippen MR) is 64.3 cm³/mol. The van der Waals surface area contributed by atoms with Crippen LogP contribution in [0.4, 0.5) is 17.6 Å². The van der Waals surface area contributed by atoms with Crippen molar-refractivity contribution < 1.29 is 22.3 Å². The van der Waals surface area contributed by atoms with Gasteiger partial charge in [0.15, 0.2) is 6.10 Å². The maximum absolute atomic E-state index is 13.7. The standard InChI is InChI=1S/C11H9BrF4N2O/c12-5-1-2-7(13)6(3-5)9-10(11(14,15)16)19-4-8(17)18-9/h1-3,9-10H,4H2,(H2,17,18)/t9-,10?/m1/s1. The van der Waals surface area contributed by atoms with Crippen molar-refractivity contribution in [3.05, 3.63) is 34.1 Å². The smallest absolute Gasteiger partial charge is 0.386 e. The van der Waals surface area contributed by atoms with Crippen LogP contribution in [0.5, 0.6) is 0 Å². The van der Waals surface area contributed by atoms with Crippen molar-refractivity contribution in [1.82, 2.24) is 0 Å². The van der Waals surface area contributed by atoms with E-state index in [4.69, 9.17) is 5.73 Å². The highest BCUT2D eigenvalue weighted by Gasteiger charge is 2.49. The Morgan fingerprint density at radius 1 is 1.37 bits per heavy atom. The van der Waals surface area contributed by atoms with E-state index in [1.807, 2.05) is 0 Å². The van der Waals surface area contributed by atoms with Crippen LogP contribution < -0.4 is 5.73 Å². The lowest BCUT2D eigenvalue weighted by Crippen LogP contribution is -2.43. The minimum absolute atomic E-state index is 0.0927. The maximum atomic E-state index is 13.7. The Kier molecular flexibility index (Phi) is 3.82. The van der Waals surface area contributed by atoms with Gasteiger partial charge >= 0.3 is 6.18 Å². The number of halogens is 5. The van der Waals surface area contributed by atoms with E-state index in [1.165, 1.54) is 12.1 Å². The molecule has 2 N–H and O–H groups in total. The summed E-state index contributed by atoms with van der Waals surface area (Å²) in [7, 11) is 0. The highest BCUT2D eigenvalue weighted by molar-refractivity contribution is 9.10. The summed E-state index contributed by atoms with van der Waals surface area (Å²) in [6, 6.07) is 2.15. The molecule has 0 amide bonds. The summed E-state index contributed by atoms with van der Waals surface area (Å²) in [6.07, 6.45) is -6.85. The van der Waals surface area contributed by atoms with Gasteiger partial charge in [0.05, 0.1) is 0 Å². The van der Waals surface area contributed by atoms with E-state index >= 15 is 0 Å². The van der Waals surface area contributed by atoms with Crippen LogP contribution in [0.2, 0.25) is 0 Å². The second-order valence-corrected chi connectivity index (χ2v) is 4.92. The Morgan fingerprint density at radius 3 is 2.68 bits per heavy atom. The molecular weight excluding hydrogens is 332 g/mol. The van der Waals surface area contributed by atoms with Gasteiger partial charge in [0.1, 0.15) is 24.3 Å². The number of nitrogens with zero attached hydrogens (tertiary/aromatic N) is 1. The molecule has 3 nitrogen and oxygen atoms in total. The second kappa shape index (κ2) is 5.09. The average molecular weight is 341 g/mol. The number of rotatable bonds is 1. The Hall–Kier alpha value is -1.15. The van der Waals surface area contributed by atoms with E-state index in [2.05, 4.69) is 25.7 Å². The van der Waals surface area contributed by atoms with Gasteiger partial charge in [-0.2, -0.15) is 13.2 Å². The third kappa shape index (κ3) is 3.06. The quantitative estimate of drug-likeness (QED) is 0.799. The lowest BCUT2D eigenvalue weighted by Gasteiger charge is -2.30. The van der Waals surface area contributed by atoms with E-state index < -0.39 is 30.7 Å². The van der Waals surface area contributed by atoms with Crippen LogP contribution in [0, 0.1) is 5.82 Å². The molecule has 0 fully saturated rings. The topological polar surface area (TPSA) is 47.6 Å². The molecule has 0 aromatic heterocycles. The molecule has 0 aliphatic carbocycles. The van der Waals surface area contributed by atoms with Crippen molar-refractivity contribution in [1.29, 1.82) is 0 Å². The number of hydrogen-bond acceptors (Lipinski definition) is 3. The first-order valence-corrected chi connectivity index (χ1v) is 6.04. The number of alkyl halides is 3. The summed E-state index contributed by atoms with van der Waals surface area (Å²) in [5, 5.41) is 0. The van der Waals surface area contributed by atoms with E-state index in [0.717, 1.165) is 6.07 Å². The third-order valence-electron chi connectivity index (χ3n) is 2.60. The van der Waals surface area contributed by atoms with Crippen LogP contribution in [-0.4, -0.2) is 24.7 Å². The summed E-state index contributed by atoms with van der Waals surface area (Å²) in [6.45, 7) is -0.420. The zero-order valence-electron chi connectivity index (χ0n) is 9.42. The zero-order valence-corrected chi connectivity index (χ0v) is 11.0. The number of ether oxygens (including phenoxy) is 1. The molecule has 8 heteroatoms. The molecule has 1 aliphatic rings. The van der Waals surface area contributed by atoms with Gasteiger partial charge in [-0.05, 0) is 18.2 Å². The highest BCUT2D eigenvalue weighted by atomic mass is 79.9. The van der Waals surface area contributed by atoms with E-state index in [9.17, 15) is 17.6 Å². The summed E-state index contributed by atoms with van der Waals surface area (Å²) < 4.78 is 57.4. The Balaban J connectivity index is 2.48. The number of amidine groups is 1. The molecule has 0 saturated carbocycles. The number of nitrogens with two attached hydrogens (primary N) is 1. The molecule has 1 aromatic rings. The van der Waals surface area contributed by atoms with Crippen molar-refractivity contribution >= 4 is 21.8 Å². The van der Waals surface area contributed by atoms with Crippen molar-refractivity contribution in [2.45, 2.75) is 18.3 Å². The molecule has 0 bridgehead atoms. The van der Waals surface area contributed by atoms with Crippen LogP contribution in [0.15, 0.2) is 27.7 Å². The Labute approximate surface area is 114 Å². The molecule has 1 heterocycles. The van der Waals surface area contributed by atoms with Gasteiger partial charge in [-0.25, -0.2) is 4.39 Å². The largest absolute Gasteiger partial charge is 0.417 e. The number of aliphatic imine (C=N–C) groups is 1. The van der Waals surface area contributed by atoms with Crippen LogP contribution in [0.1, 0.15) is 11.6 Å². The van der Waals surface area contributed by atoms with Gasteiger partial charge in [0, 0.05) is 10.0 Å². The molecule has 104 valence electrons. The van der Waals surface area contributed by atoms with Gasteiger partial charge in [0.25, 0.3) is 0 Å². The van der Waals surface area contributed by atoms with E-state index in [1.54, 1.807) is 0 Å². The van der Waals surface area contributed by atoms with E-state index in [0.29, 0.717) is 4.47 Å². The fraction of sp³-hybridized carbons (Fsp3) is 0.364. The Morgan fingerprint density at radius 2 is 2.05 bits per heavy atom. The molecule has 0 saturated heterocycles. The lowest BCUT2D eigenvalue weighted by molar-refractivity contribution is -0.225. The molecule has 19 heavy (non-hydrogen) atoms. The second-order valence-electron chi connectivity index (χ2n) is 4.00. The highest BCUT2D eigenvalue weighted by Crippen LogP contribution is 2.38. The van der Waals surface area contributed by atoms with Crippen molar-refractivity contribution in [3.8, 4) is 0 Å². The molecule has 0 radical (unpaired) electrons. The molecular formula is C11H9BrF4N2O. The molecule has 1 aliphatic heterocycles. The summed E-state index contributed by atoms with van der Waals surface area (Å²) in [5.74, 6) is -0.880. The fourth-order valence-corrected chi connectivity index (χ4v) is 2.18. The van der Waals surface area contributed by atoms with Crippen LogP contribution in [0.3, 0.4) is 0 Å². The molecule has 1 unspecified atom stereocenters. The van der Waals surface area contributed by atoms with Crippen molar-refractivity contribution in [2.75, 3.05) is 6.61 Å². The number of benzene rings is 1. The molecule has 2 rings (SSSR count). The van der Waals surface area contributed by atoms with Gasteiger partial charge in [0.2, 0.25) is 0 Å². The SMILES string of the molecule is NC1=N[C@H](c2cc(Br)ccc2F)C(C(F)(F)F)OC1. The van der Waals surface area contributed by atoms with E-state index in [-0.39, 0.29) is 11.4 Å². The minimum atomic E-state index is -4.65. The van der Waals surface area contributed by atoms with Gasteiger partial charge < -0.3 is 10.5 Å². The van der Waals surface area contributed by atoms with Crippen molar-refractivity contribution in [3.63, 3.8) is 0 Å². The average Bonchev–Trinajstić information content (AvgIpc) is 2.30. The number of hydrogen-bond donors (Lipinski definition) is 1. The van der Waals surface area contributed by atoms with Gasteiger partial charge in [-0.3, -0.25) is 4.99 Å².